The lowest BCUT2D eigenvalue weighted by Crippen LogP contribution is -2.35. The Kier molecular flexibility index (Phi) is 12.8. The Morgan fingerprint density at radius 3 is 2.40 bits per heavy atom. The van der Waals surface area contributed by atoms with Gasteiger partial charge in [-0.1, -0.05) is 40.2 Å². The summed E-state index contributed by atoms with van der Waals surface area (Å²) >= 11 is 0. The third kappa shape index (κ3) is 7.74. The molecule has 20 heavy (non-hydrogen) atoms. The fraction of sp³-hybridized carbons (Fsp3) is 0.600. The number of cyclic esters (lactones) is 1. The fourth-order valence-electron chi connectivity index (χ4n) is 1.39. The number of nitrogens with one attached hydrogen (secondary N) is 1. The highest BCUT2D eigenvalue weighted by Gasteiger charge is 2.18. The first-order valence-corrected chi connectivity index (χ1v) is 7.18. The molecule has 0 aliphatic carbocycles. The zero-order chi connectivity index (χ0) is 16.1. The number of carbonyl (C=O) groups excluding carboxylic acids is 2. The second-order valence-corrected chi connectivity index (χ2v) is 3.66. The Hall–Kier alpha value is -1.62. The molecule has 1 aliphatic heterocycles. The van der Waals surface area contributed by atoms with Crippen molar-refractivity contribution < 1.29 is 15.8 Å². The number of allylic oxidation sites excluding steroid dienone is 2. The van der Waals surface area contributed by atoms with E-state index >= 15 is 0 Å². The van der Waals surface area contributed by atoms with Crippen molar-refractivity contribution in [1.82, 2.24) is 5.32 Å². The van der Waals surface area contributed by atoms with Crippen LogP contribution in [-0.4, -0.2) is 18.4 Å². The van der Waals surface area contributed by atoms with Crippen molar-refractivity contribution in [2.75, 3.05) is 0 Å². The van der Waals surface area contributed by atoms with E-state index in [0.29, 0.717) is 24.7 Å². The van der Waals surface area contributed by atoms with E-state index in [2.05, 4.69) is 5.32 Å². The van der Waals surface area contributed by atoms with E-state index in [-0.39, 0.29) is 13.5 Å². The maximum Gasteiger partial charge on any atom is 0.337 e. The topological polar surface area (TPSA) is 81.4 Å². The van der Waals surface area contributed by atoms with Gasteiger partial charge in [0.25, 0.3) is 0 Å². The Bertz CT molecular complexity index is 364. The number of nitrogens with two attached hydrogens (primary N) is 1. The Labute approximate surface area is 123 Å². The van der Waals surface area contributed by atoms with Gasteiger partial charge in [0.1, 0.15) is 0 Å². The van der Waals surface area contributed by atoms with Gasteiger partial charge in [0.15, 0.2) is 6.29 Å². The average molecular weight is 286 g/mol. The highest BCUT2D eigenvalue weighted by molar-refractivity contribution is 5.86. The average Bonchev–Trinajstić information content (AvgIpc) is 2.61. The van der Waals surface area contributed by atoms with Crippen LogP contribution in [-0.2, 0) is 14.3 Å². The molecule has 0 aromatic rings. The summed E-state index contributed by atoms with van der Waals surface area (Å²) in [5, 5.41) is 2.75. The first kappa shape index (κ1) is 20.7. The molecule has 0 fully saturated rings. The Morgan fingerprint density at radius 1 is 1.45 bits per heavy atom. The molecule has 0 saturated carbocycles. The molecule has 1 heterocycles. The molecule has 118 valence electrons. The number of aldehydes is 1. The highest BCUT2D eigenvalue weighted by atomic mass is 16.5. The lowest BCUT2D eigenvalue weighted by Gasteiger charge is -2.14. The summed E-state index contributed by atoms with van der Waals surface area (Å²) in [5.74, 6) is -0.313. The number of rotatable bonds is 4. The molecule has 3 N–H and O–H groups in total. The third-order valence-electron chi connectivity index (χ3n) is 2.19. The van der Waals surface area contributed by atoms with Crippen LogP contribution in [0.2, 0.25) is 0 Å². The number of esters is 1. The van der Waals surface area contributed by atoms with Gasteiger partial charge in [-0.05, 0) is 13.3 Å². The smallest absolute Gasteiger partial charge is 0.337 e. The normalized spacial score (nSPS) is 15.3. The van der Waals surface area contributed by atoms with Crippen LogP contribution >= 0.6 is 0 Å². The molecule has 0 aromatic heterocycles. The number of hydrogen-bond acceptors (Lipinski definition) is 5. The van der Waals surface area contributed by atoms with Gasteiger partial charge in [0.2, 0.25) is 5.88 Å². The van der Waals surface area contributed by atoms with Crippen LogP contribution in [0.4, 0.5) is 0 Å². The molecule has 0 amide bonds. The van der Waals surface area contributed by atoms with Crippen molar-refractivity contribution in [3.05, 3.63) is 23.1 Å². The van der Waals surface area contributed by atoms with Gasteiger partial charge in [0.05, 0.1) is 11.7 Å². The molecule has 0 bridgehead atoms. The van der Waals surface area contributed by atoms with Gasteiger partial charge in [-0.2, -0.15) is 0 Å². The first-order chi connectivity index (χ1) is 9.56. The summed E-state index contributed by atoms with van der Waals surface area (Å²) in [6.45, 7) is 11.6. The van der Waals surface area contributed by atoms with Crippen LogP contribution in [0, 0.1) is 0 Å². The monoisotopic (exact) mass is 286 g/mol. The van der Waals surface area contributed by atoms with Crippen molar-refractivity contribution in [2.45, 2.75) is 60.5 Å². The Morgan fingerprint density at radius 2 is 2.00 bits per heavy atom. The van der Waals surface area contributed by atoms with Gasteiger partial charge in [-0.3, -0.25) is 4.79 Å². The van der Waals surface area contributed by atoms with Crippen molar-refractivity contribution in [3.8, 4) is 0 Å². The fourth-order valence-corrected chi connectivity index (χ4v) is 1.39. The lowest BCUT2D eigenvalue weighted by atomic mass is 10.0. The largest absolute Gasteiger partial charge is 0.406 e. The summed E-state index contributed by atoms with van der Waals surface area (Å²) < 4.78 is 5.00. The quantitative estimate of drug-likeness (QED) is 0.472. The van der Waals surface area contributed by atoms with Crippen LogP contribution < -0.4 is 11.1 Å². The standard InChI is InChI=1S/C11H16N2O3.2C2H6.H2/c1-3-8-4-9(6-14)11(13-7(2)12)16-10(15)5-8;2*1-2;/h5-7,13H,3-4,12H2,1-2H3;2*1-2H3;1H. The Balaban J connectivity index is -0.000000595. The van der Waals surface area contributed by atoms with Gasteiger partial charge < -0.3 is 15.8 Å². The third-order valence-corrected chi connectivity index (χ3v) is 2.19. The van der Waals surface area contributed by atoms with Gasteiger partial charge in [-0.15, -0.1) is 0 Å². The molecule has 0 radical (unpaired) electrons. The van der Waals surface area contributed by atoms with E-state index in [1.165, 1.54) is 6.08 Å². The minimum absolute atomic E-state index is 0. The summed E-state index contributed by atoms with van der Waals surface area (Å²) in [4.78, 5) is 22.3. The first-order valence-electron chi connectivity index (χ1n) is 7.18. The van der Waals surface area contributed by atoms with Crippen molar-refractivity contribution in [2.24, 2.45) is 5.73 Å². The molecule has 0 aromatic carbocycles. The summed E-state index contributed by atoms with van der Waals surface area (Å²) in [6, 6.07) is 0. The molecule has 1 atom stereocenters. The summed E-state index contributed by atoms with van der Waals surface area (Å²) in [7, 11) is 0. The van der Waals surface area contributed by atoms with Crippen molar-refractivity contribution >= 4 is 12.3 Å². The van der Waals surface area contributed by atoms with E-state index in [1.807, 2.05) is 34.6 Å². The molecular formula is C15H30N2O3. The van der Waals surface area contributed by atoms with Crippen LogP contribution in [0.5, 0.6) is 0 Å². The van der Waals surface area contributed by atoms with E-state index in [9.17, 15) is 9.59 Å². The summed E-state index contributed by atoms with van der Waals surface area (Å²) in [5.41, 5.74) is 6.82. The van der Waals surface area contributed by atoms with Crippen LogP contribution in [0.25, 0.3) is 0 Å². The minimum Gasteiger partial charge on any atom is -0.406 e. The molecule has 0 saturated heterocycles. The molecule has 1 rings (SSSR count). The molecule has 0 spiro atoms. The van der Waals surface area contributed by atoms with Crippen LogP contribution in [0.1, 0.15) is 55.8 Å². The zero-order valence-corrected chi connectivity index (χ0v) is 13.4. The van der Waals surface area contributed by atoms with Gasteiger partial charge >= 0.3 is 5.97 Å². The predicted molar refractivity (Wildman–Crippen MR) is 83.8 cm³/mol. The highest BCUT2D eigenvalue weighted by Crippen LogP contribution is 2.20. The van der Waals surface area contributed by atoms with Crippen molar-refractivity contribution in [3.63, 3.8) is 0 Å². The van der Waals surface area contributed by atoms with Gasteiger partial charge in [-0.25, -0.2) is 4.79 Å². The maximum absolute atomic E-state index is 11.4. The maximum atomic E-state index is 11.4. The molecule has 5 heteroatoms. The van der Waals surface area contributed by atoms with E-state index in [4.69, 9.17) is 10.5 Å². The predicted octanol–water partition coefficient (Wildman–Crippen LogP) is 2.87. The van der Waals surface area contributed by atoms with E-state index < -0.39 is 5.97 Å². The molecule has 1 aliphatic rings. The van der Waals surface area contributed by atoms with Crippen molar-refractivity contribution in [1.29, 1.82) is 0 Å². The molecular weight excluding hydrogens is 256 g/mol. The zero-order valence-electron chi connectivity index (χ0n) is 13.4. The molecule has 1 unspecified atom stereocenters. The van der Waals surface area contributed by atoms with Crippen LogP contribution in [0.3, 0.4) is 0 Å². The number of ether oxygens (including phenoxy) is 1. The minimum atomic E-state index is -0.475. The second kappa shape index (κ2) is 12.4. The number of carbonyl (C=O) groups is 2. The summed E-state index contributed by atoms with van der Waals surface area (Å²) in [6.07, 6.45) is 2.84. The van der Waals surface area contributed by atoms with E-state index in [1.54, 1.807) is 6.92 Å². The van der Waals surface area contributed by atoms with Crippen LogP contribution in [0.15, 0.2) is 23.1 Å². The second-order valence-electron chi connectivity index (χ2n) is 3.66. The van der Waals surface area contributed by atoms with Gasteiger partial charge in [0, 0.05) is 13.9 Å². The SMILES string of the molecule is CC.CC.CCC1=CC(=O)OC(NC(C)N)=C(C=O)C1.[HH]. The lowest BCUT2D eigenvalue weighted by molar-refractivity contribution is -0.134. The van der Waals surface area contributed by atoms with E-state index in [0.717, 1.165) is 5.57 Å². The molecule has 5 nitrogen and oxygen atoms in total. The number of hydrogen-bond donors (Lipinski definition) is 2.